The minimum atomic E-state index is -0.276. The van der Waals surface area contributed by atoms with E-state index in [-0.39, 0.29) is 19.1 Å². The van der Waals surface area contributed by atoms with Crippen LogP contribution in [0.4, 0.5) is 0 Å². The third-order valence-electron chi connectivity index (χ3n) is 2.97. The van der Waals surface area contributed by atoms with Gasteiger partial charge < -0.3 is 15.2 Å². The number of carbonyl (C=O) groups excluding carboxylic acids is 1. The van der Waals surface area contributed by atoms with Crippen LogP contribution in [-0.4, -0.2) is 47.2 Å². The van der Waals surface area contributed by atoms with Crippen molar-refractivity contribution < 1.29 is 14.6 Å². The molecule has 1 aromatic carbocycles. The molecule has 0 saturated carbocycles. The Hall–Kier alpha value is -1.89. The molecular weight excluding hydrogens is 306 g/mol. The van der Waals surface area contributed by atoms with Gasteiger partial charge in [0.05, 0.1) is 30.5 Å². The van der Waals surface area contributed by atoms with Gasteiger partial charge in [0.2, 0.25) is 0 Å². The Labute approximate surface area is 133 Å². The fourth-order valence-electron chi connectivity index (χ4n) is 1.95. The number of para-hydroxylation sites is 1. The average molecular weight is 324 g/mol. The lowest BCUT2D eigenvalue weighted by molar-refractivity contribution is 0.0835. The van der Waals surface area contributed by atoms with Crippen LogP contribution in [0.3, 0.4) is 0 Å². The van der Waals surface area contributed by atoms with Crippen LogP contribution in [0, 0.1) is 6.92 Å². The third kappa shape index (κ3) is 4.07. The minimum Gasteiger partial charge on any atom is -0.394 e. The lowest BCUT2D eigenvalue weighted by Crippen LogP contribution is -2.28. The number of ether oxygens (including phenoxy) is 1. The summed E-state index contributed by atoms with van der Waals surface area (Å²) < 4.78 is 6.71. The van der Waals surface area contributed by atoms with Crippen molar-refractivity contribution in [2.75, 3.05) is 26.4 Å². The molecule has 2 aromatic rings. The summed E-state index contributed by atoms with van der Waals surface area (Å²) >= 11 is 6.15. The number of nitrogens with zero attached hydrogens (tertiary/aromatic N) is 2. The first-order valence-electron chi connectivity index (χ1n) is 6.92. The van der Waals surface area contributed by atoms with Gasteiger partial charge in [-0.05, 0) is 25.1 Å². The van der Waals surface area contributed by atoms with Gasteiger partial charge in [0.15, 0.2) is 5.69 Å². The van der Waals surface area contributed by atoms with Crippen LogP contribution in [0.1, 0.15) is 16.2 Å². The summed E-state index contributed by atoms with van der Waals surface area (Å²) in [6.07, 6.45) is 0. The molecule has 0 fully saturated rings. The number of carbonyl (C=O) groups is 1. The highest BCUT2D eigenvalue weighted by Crippen LogP contribution is 2.21. The van der Waals surface area contributed by atoms with Crippen molar-refractivity contribution in [3.05, 3.63) is 46.7 Å². The molecule has 0 aliphatic carbocycles. The normalized spacial score (nSPS) is 10.7. The summed E-state index contributed by atoms with van der Waals surface area (Å²) in [5.41, 5.74) is 1.86. The molecule has 0 atom stereocenters. The number of hydrogen-bond acceptors (Lipinski definition) is 4. The molecule has 1 amide bonds. The zero-order valence-electron chi connectivity index (χ0n) is 12.3. The molecule has 1 heterocycles. The van der Waals surface area contributed by atoms with E-state index >= 15 is 0 Å². The number of amides is 1. The number of hydrogen-bond donors (Lipinski definition) is 2. The lowest BCUT2D eigenvalue weighted by Gasteiger charge is -2.06. The van der Waals surface area contributed by atoms with Crippen molar-refractivity contribution in [2.24, 2.45) is 0 Å². The van der Waals surface area contributed by atoms with E-state index in [2.05, 4.69) is 10.4 Å². The van der Waals surface area contributed by atoms with Gasteiger partial charge >= 0.3 is 0 Å². The number of aryl methyl sites for hydroxylation is 1. The minimum absolute atomic E-state index is 0.0324. The largest absolute Gasteiger partial charge is 0.394 e. The van der Waals surface area contributed by atoms with Crippen molar-refractivity contribution in [3.63, 3.8) is 0 Å². The first kappa shape index (κ1) is 16.5. The number of aromatic nitrogens is 2. The van der Waals surface area contributed by atoms with Gasteiger partial charge in [-0.25, -0.2) is 4.68 Å². The number of benzene rings is 1. The molecule has 2 N–H and O–H groups in total. The molecule has 2 rings (SSSR count). The predicted molar refractivity (Wildman–Crippen MR) is 83.5 cm³/mol. The number of aliphatic hydroxyl groups is 1. The summed E-state index contributed by atoms with van der Waals surface area (Å²) in [5, 5.41) is 16.2. The topological polar surface area (TPSA) is 76.4 Å². The quantitative estimate of drug-likeness (QED) is 0.758. The van der Waals surface area contributed by atoms with E-state index in [0.29, 0.717) is 23.9 Å². The molecule has 0 aliphatic heterocycles. The van der Waals surface area contributed by atoms with Gasteiger partial charge in [0.1, 0.15) is 0 Å². The van der Waals surface area contributed by atoms with E-state index in [1.165, 1.54) is 0 Å². The fourth-order valence-corrected chi connectivity index (χ4v) is 2.16. The van der Waals surface area contributed by atoms with Crippen LogP contribution in [0.5, 0.6) is 0 Å². The Morgan fingerprint density at radius 3 is 2.91 bits per heavy atom. The maximum Gasteiger partial charge on any atom is 0.271 e. The Morgan fingerprint density at radius 2 is 2.18 bits per heavy atom. The van der Waals surface area contributed by atoms with Crippen molar-refractivity contribution in [1.82, 2.24) is 15.1 Å². The standard InChI is InChI=1S/C15H18ClN3O3/c1-11-10-13(15(21)17-6-8-22-9-7-20)18-19(11)14-5-3-2-4-12(14)16/h2-5,10,20H,6-9H2,1H3,(H,17,21). The molecule has 22 heavy (non-hydrogen) atoms. The van der Waals surface area contributed by atoms with Gasteiger partial charge in [-0.3, -0.25) is 4.79 Å². The highest BCUT2D eigenvalue weighted by molar-refractivity contribution is 6.32. The SMILES string of the molecule is Cc1cc(C(=O)NCCOCCO)nn1-c1ccccc1Cl. The average Bonchev–Trinajstić information content (AvgIpc) is 2.89. The van der Waals surface area contributed by atoms with Gasteiger partial charge in [0.25, 0.3) is 5.91 Å². The second-order valence-electron chi connectivity index (χ2n) is 4.63. The van der Waals surface area contributed by atoms with E-state index < -0.39 is 0 Å². The lowest BCUT2D eigenvalue weighted by atomic mass is 10.3. The molecule has 0 bridgehead atoms. The van der Waals surface area contributed by atoms with Gasteiger partial charge in [-0.1, -0.05) is 23.7 Å². The van der Waals surface area contributed by atoms with Gasteiger partial charge in [0, 0.05) is 12.2 Å². The second kappa shape index (κ2) is 7.93. The Morgan fingerprint density at radius 1 is 1.41 bits per heavy atom. The monoisotopic (exact) mass is 323 g/mol. The van der Waals surface area contributed by atoms with E-state index in [4.69, 9.17) is 21.4 Å². The summed E-state index contributed by atoms with van der Waals surface area (Å²) in [4.78, 5) is 12.0. The maximum absolute atomic E-state index is 12.0. The van der Waals surface area contributed by atoms with Crippen LogP contribution in [0.25, 0.3) is 5.69 Å². The van der Waals surface area contributed by atoms with E-state index in [1.807, 2.05) is 25.1 Å². The molecular formula is C15H18ClN3O3. The molecule has 7 heteroatoms. The molecule has 0 saturated heterocycles. The number of nitrogens with one attached hydrogen (secondary N) is 1. The molecule has 0 radical (unpaired) electrons. The predicted octanol–water partition coefficient (Wildman–Crippen LogP) is 1.57. The Bertz CT molecular complexity index is 643. The molecule has 1 aromatic heterocycles. The van der Waals surface area contributed by atoms with Gasteiger partial charge in [-0.15, -0.1) is 0 Å². The van der Waals surface area contributed by atoms with Crippen molar-refractivity contribution in [3.8, 4) is 5.69 Å². The van der Waals surface area contributed by atoms with Crippen LogP contribution >= 0.6 is 11.6 Å². The third-order valence-corrected chi connectivity index (χ3v) is 3.29. The van der Waals surface area contributed by atoms with Crippen molar-refractivity contribution >= 4 is 17.5 Å². The Kier molecular flexibility index (Phi) is 5.94. The summed E-state index contributed by atoms with van der Waals surface area (Å²) in [6.45, 7) is 2.79. The molecule has 118 valence electrons. The number of halogens is 1. The summed E-state index contributed by atoms with van der Waals surface area (Å²) in [5.74, 6) is -0.276. The number of aliphatic hydroxyl groups excluding tert-OH is 1. The maximum atomic E-state index is 12.0. The number of rotatable bonds is 7. The summed E-state index contributed by atoms with van der Waals surface area (Å²) in [6, 6.07) is 9.02. The van der Waals surface area contributed by atoms with Crippen LogP contribution in [0.15, 0.2) is 30.3 Å². The first-order chi connectivity index (χ1) is 10.6. The highest BCUT2D eigenvalue weighted by Gasteiger charge is 2.14. The van der Waals surface area contributed by atoms with E-state index in [9.17, 15) is 4.79 Å². The second-order valence-corrected chi connectivity index (χ2v) is 5.03. The molecule has 0 spiro atoms. The zero-order chi connectivity index (χ0) is 15.9. The van der Waals surface area contributed by atoms with E-state index in [0.717, 1.165) is 11.4 Å². The molecule has 6 nitrogen and oxygen atoms in total. The zero-order valence-corrected chi connectivity index (χ0v) is 13.0. The first-order valence-corrected chi connectivity index (χ1v) is 7.29. The highest BCUT2D eigenvalue weighted by atomic mass is 35.5. The fraction of sp³-hybridized carbons (Fsp3) is 0.333. The van der Waals surface area contributed by atoms with Crippen LogP contribution in [-0.2, 0) is 4.74 Å². The summed E-state index contributed by atoms with van der Waals surface area (Å²) in [7, 11) is 0. The van der Waals surface area contributed by atoms with Crippen LogP contribution in [0.2, 0.25) is 5.02 Å². The van der Waals surface area contributed by atoms with Crippen molar-refractivity contribution in [1.29, 1.82) is 0 Å². The van der Waals surface area contributed by atoms with E-state index in [1.54, 1.807) is 16.8 Å². The smallest absolute Gasteiger partial charge is 0.271 e. The Balaban J connectivity index is 2.03. The van der Waals surface area contributed by atoms with Crippen LogP contribution < -0.4 is 5.32 Å². The van der Waals surface area contributed by atoms with Crippen molar-refractivity contribution in [2.45, 2.75) is 6.92 Å². The molecule has 0 aliphatic rings. The van der Waals surface area contributed by atoms with Gasteiger partial charge in [-0.2, -0.15) is 5.10 Å². The molecule has 0 unspecified atom stereocenters.